The van der Waals surface area contributed by atoms with Crippen molar-refractivity contribution in [2.75, 3.05) is 7.11 Å². The Balaban J connectivity index is 2.53. The summed E-state index contributed by atoms with van der Waals surface area (Å²) in [4.78, 5) is 36.2. The van der Waals surface area contributed by atoms with Crippen LogP contribution >= 0.6 is 0 Å². The fourth-order valence-corrected chi connectivity index (χ4v) is 2.59. The standard InChI is InChI=1S/C18H14O6/c1-9-15(20)18-12(16(21)17(9)22-3)8-7-11-13(23-10(2)19)5-4-6-14(11)24-18/h4-8H,1-3H3. The maximum atomic E-state index is 12.5. The zero-order valence-corrected chi connectivity index (χ0v) is 13.3. The van der Waals surface area contributed by atoms with Gasteiger partial charge in [-0.1, -0.05) is 6.07 Å². The van der Waals surface area contributed by atoms with E-state index in [1.807, 2.05) is 0 Å². The summed E-state index contributed by atoms with van der Waals surface area (Å²) in [5.41, 5.74) is -0.396. The van der Waals surface area contributed by atoms with Gasteiger partial charge in [-0.25, -0.2) is 0 Å². The average molecular weight is 326 g/mol. The first-order valence-corrected chi connectivity index (χ1v) is 7.20. The summed E-state index contributed by atoms with van der Waals surface area (Å²) in [6.45, 7) is 2.80. The van der Waals surface area contributed by atoms with Crippen molar-refractivity contribution < 1.29 is 18.7 Å². The van der Waals surface area contributed by atoms with Gasteiger partial charge >= 0.3 is 5.97 Å². The van der Waals surface area contributed by atoms with Crippen molar-refractivity contribution >= 4 is 16.9 Å². The molecule has 3 rings (SSSR count). The molecule has 1 aromatic carbocycles. The minimum Gasteiger partial charge on any atom is -0.492 e. The average Bonchev–Trinajstić information content (AvgIpc) is 2.73. The van der Waals surface area contributed by atoms with Gasteiger partial charge < -0.3 is 13.9 Å². The van der Waals surface area contributed by atoms with Crippen LogP contribution in [0.15, 0.2) is 44.3 Å². The van der Waals surface area contributed by atoms with Crippen LogP contribution in [0.3, 0.4) is 0 Å². The molecule has 0 saturated heterocycles. The van der Waals surface area contributed by atoms with E-state index in [1.165, 1.54) is 27.0 Å². The first-order valence-electron chi connectivity index (χ1n) is 7.20. The minimum atomic E-state index is -0.481. The van der Waals surface area contributed by atoms with Gasteiger partial charge in [0.05, 0.1) is 17.7 Å². The highest BCUT2D eigenvalue weighted by Crippen LogP contribution is 2.25. The summed E-state index contributed by atoms with van der Waals surface area (Å²) in [6.07, 6.45) is 0. The quantitative estimate of drug-likeness (QED) is 0.530. The molecule has 1 aromatic rings. The molecule has 0 fully saturated rings. The van der Waals surface area contributed by atoms with Crippen LogP contribution in [0.2, 0.25) is 0 Å². The Morgan fingerprint density at radius 1 is 1.08 bits per heavy atom. The zero-order chi connectivity index (χ0) is 17.4. The van der Waals surface area contributed by atoms with E-state index in [0.29, 0.717) is 11.0 Å². The first-order chi connectivity index (χ1) is 11.4. The third-order valence-electron chi connectivity index (χ3n) is 3.70. The van der Waals surface area contributed by atoms with Crippen molar-refractivity contribution in [3.63, 3.8) is 0 Å². The highest BCUT2D eigenvalue weighted by atomic mass is 16.5. The summed E-state index contributed by atoms with van der Waals surface area (Å²) in [5.74, 6) is -0.198. The normalized spacial score (nSPS) is 10.8. The lowest BCUT2D eigenvalue weighted by Crippen LogP contribution is -2.18. The largest absolute Gasteiger partial charge is 0.492 e. The number of esters is 1. The van der Waals surface area contributed by atoms with E-state index in [2.05, 4.69) is 0 Å². The SMILES string of the molecule is COc1c(C)c(=O)c2oc3cccc(OC(C)=O)c3ccc=2c1=O. The predicted molar refractivity (Wildman–Crippen MR) is 86.7 cm³/mol. The number of hydrogen-bond acceptors (Lipinski definition) is 6. The van der Waals surface area contributed by atoms with Crippen LogP contribution < -0.4 is 20.3 Å². The monoisotopic (exact) mass is 326 g/mol. The second kappa shape index (κ2) is 5.81. The van der Waals surface area contributed by atoms with Crippen molar-refractivity contribution in [3.8, 4) is 11.5 Å². The molecule has 0 atom stereocenters. The molecule has 122 valence electrons. The number of fused-ring (bicyclic) bond motifs is 1. The van der Waals surface area contributed by atoms with Gasteiger partial charge in [0.2, 0.25) is 10.9 Å². The molecule has 0 bridgehead atoms. The summed E-state index contributed by atoms with van der Waals surface area (Å²) in [6, 6.07) is 7.92. The number of rotatable bonds is 2. The molecule has 0 aromatic heterocycles. The van der Waals surface area contributed by atoms with Gasteiger partial charge in [-0.3, -0.25) is 14.4 Å². The Bertz CT molecular complexity index is 1140. The third kappa shape index (κ3) is 2.42. The van der Waals surface area contributed by atoms with E-state index in [1.54, 1.807) is 24.3 Å². The third-order valence-corrected chi connectivity index (χ3v) is 3.70. The van der Waals surface area contributed by atoms with E-state index in [-0.39, 0.29) is 27.7 Å². The minimum absolute atomic E-state index is 0.00170. The van der Waals surface area contributed by atoms with Crippen molar-refractivity contribution in [1.29, 1.82) is 0 Å². The van der Waals surface area contributed by atoms with Crippen molar-refractivity contribution in [2.24, 2.45) is 0 Å². The molecular formula is C18H14O6. The number of benzene rings is 1. The lowest BCUT2D eigenvalue weighted by molar-refractivity contribution is -0.131. The number of carbonyl (C=O) groups excluding carboxylic acids is 1. The second-order valence-electron chi connectivity index (χ2n) is 5.26. The van der Waals surface area contributed by atoms with E-state index >= 15 is 0 Å². The number of methoxy groups -OCH3 is 1. The van der Waals surface area contributed by atoms with Gasteiger partial charge in [0.25, 0.3) is 0 Å². The van der Waals surface area contributed by atoms with Gasteiger partial charge in [-0.2, -0.15) is 0 Å². The van der Waals surface area contributed by atoms with Gasteiger partial charge in [0, 0.05) is 12.5 Å². The summed E-state index contributed by atoms with van der Waals surface area (Å²) in [5, 5.41) is 0.576. The van der Waals surface area contributed by atoms with Crippen molar-refractivity contribution in [1.82, 2.24) is 0 Å². The van der Waals surface area contributed by atoms with Crippen LogP contribution in [0.1, 0.15) is 12.5 Å². The molecule has 0 N–H and O–H groups in total. The van der Waals surface area contributed by atoms with Gasteiger partial charge in [0.1, 0.15) is 11.3 Å². The molecule has 1 aliphatic carbocycles. The Morgan fingerprint density at radius 2 is 1.83 bits per heavy atom. The van der Waals surface area contributed by atoms with Crippen LogP contribution in [-0.4, -0.2) is 13.1 Å². The molecule has 0 unspecified atom stereocenters. The van der Waals surface area contributed by atoms with E-state index < -0.39 is 16.8 Å². The Hall–Kier alpha value is -3.15. The smallest absolute Gasteiger partial charge is 0.308 e. The van der Waals surface area contributed by atoms with Gasteiger partial charge in [-0.15, -0.1) is 0 Å². The number of carbonyl (C=O) groups is 1. The molecule has 1 aliphatic heterocycles. The molecular weight excluding hydrogens is 312 g/mol. The summed E-state index contributed by atoms with van der Waals surface area (Å²) < 4.78 is 15.9. The van der Waals surface area contributed by atoms with Gasteiger partial charge in [-0.05, 0) is 31.2 Å². The molecule has 24 heavy (non-hydrogen) atoms. The fraction of sp³-hybridized carbons (Fsp3) is 0.167. The highest BCUT2D eigenvalue weighted by Gasteiger charge is 2.14. The lowest BCUT2D eigenvalue weighted by atomic mass is 10.1. The predicted octanol–water partition coefficient (Wildman–Crippen LogP) is 2.12. The Labute approximate surface area is 135 Å². The van der Waals surface area contributed by atoms with E-state index in [9.17, 15) is 14.4 Å². The molecule has 0 saturated carbocycles. The van der Waals surface area contributed by atoms with Crippen LogP contribution in [0.25, 0.3) is 11.0 Å². The zero-order valence-electron chi connectivity index (χ0n) is 13.3. The molecule has 2 aliphatic rings. The van der Waals surface area contributed by atoms with Crippen molar-refractivity contribution in [3.05, 3.63) is 67.0 Å². The molecule has 0 spiro atoms. The maximum Gasteiger partial charge on any atom is 0.308 e. The number of hydrogen-bond donors (Lipinski definition) is 0. The first kappa shape index (κ1) is 15.7. The Morgan fingerprint density at radius 3 is 2.50 bits per heavy atom. The van der Waals surface area contributed by atoms with Crippen LogP contribution in [0, 0.1) is 17.6 Å². The number of ether oxygens (including phenoxy) is 2. The second-order valence-corrected chi connectivity index (χ2v) is 5.26. The van der Waals surface area contributed by atoms with Gasteiger partial charge in [0.15, 0.2) is 11.2 Å². The molecule has 1 heterocycles. The molecule has 0 radical (unpaired) electrons. The fourth-order valence-electron chi connectivity index (χ4n) is 2.59. The maximum absolute atomic E-state index is 12.5. The highest BCUT2D eigenvalue weighted by molar-refractivity contribution is 5.85. The van der Waals surface area contributed by atoms with Crippen LogP contribution in [-0.2, 0) is 4.79 Å². The van der Waals surface area contributed by atoms with Crippen LogP contribution in [0.4, 0.5) is 0 Å². The summed E-state index contributed by atoms with van der Waals surface area (Å²) in [7, 11) is 1.34. The topological polar surface area (TPSA) is 82.8 Å². The van der Waals surface area contributed by atoms with E-state index in [4.69, 9.17) is 13.9 Å². The Kier molecular flexibility index (Phi) is 3.81. The summed E-state index contributed by atoms with van der Waals surface area (Å²) >= 11 is 0. The molecule has 6 nitrogen and oxygen atoms in total. The lowest BCUT2D eigenvalue weighted by Gasteiger charge is -2.02. The van der Waals surface area contributed by atoms with Crippen LogP contribution in [0.5, 0.6) is 11.5 Å². The van der Waals surface area contributed by atoms with E-state index in [0.717, 1.165) is 0 Å². The molecule has 6 heteroatoms. The van der Waals surface area contributed by atoms with Crippen molar-refractivity contribution in [2.45, 2.75) is 13.8 Å². The molecule has 0 amide bonds.